The summed E-state index contributed by atoms with van der Waals surface area (Å²) in [4.78, 5) is 14.5. The molecule has 0 aliphatic heterocycles. The number of carboxylic acid groups (broad SMARTS) is 1. The number of rotatable bonds is 4. The first-order valence-electron chi connectivity index (χ1n) is 4.07. The van der Waals surface area contributed by atoms with E-state index in [9.17, 15) is 4.79 Å². The Kier molecular flexibility index (Phi) is 3.76. The Labute approximate surface area is 81.2 Å². The number of aromatic carboxylic acids is 1. The van der Waals surface area contributed by atoms with Crippen molar-refractivity contribution in [3.8, 4) is 0 Å². The number of carbonyl (C=O) groups is 1. The Balaban J connectivity index is 2.73. The zero-order chi connectivity index (χ0) is 9.68. The summed E-state index contributed by atoms with van der Waals surface area (Å²) in [6.45, 7) is 2.08. The summed E-state index contributed by atoms with van der Waals surface area (Å²) < 4.78 is 0. The molecular weight excluding hydrogens is 186 g/mol. The van der Waals surface area contributed by atoms with Gasteiger partial charge < -0.3 is 5.11 Å². The predicted octanol–water partition coefficient (Wildman–Crippen LogP) is 2.28. The third-order valence-corrected chi connectivity index (χ3v) is 2.53. The molecule has 0 unspecified atom stereocenters. The maximum atomic E-state index is 10.6. The van der Waals surface area contributed by atoms with E-state index < -0.39 is 5.97 Å². The lowest BCUT2D eigenvalue weighted by Gasteiger charge is -1.99. The molecule has 0 aliphatic rings. The number of carboxylic acids is 1. The van der Waals surface area contributed by atoms with Gasteiger partial charge in [0.05, 0.1) is 5.03 Å². The quantitative estimate of drug-likeness (QED) is 0.752. The first-order valence-corrected chi connectivity index (χ1v) is 5.05. The highest BCUT2D eigenvalue weighted by Crippen LogP contribution is 2.15. The molecule has 13 heavy (non-hydrogen) atoms. The molecule has 1 rings (SSSR count). The van der Waals surface area contributed by atoms with Gasteiger partial charge in [-0.15, -0.1) is 11.8 Å². The zero-order valence-corrected chi connectivity index (χ0v) is 8.17. The van der Waals surface area contributed by atoms with Crippen LogP contribution in [0.1, 0.15) is 23.8 Å². The van der Waals surface area contributed by atoms with Gasteiger partial charge in [-0.3, -0.25) is 0 Å². The molecule has 0 spiro atoms. The minimum absolute atomic E-state index is 0.112. The van der Waals surface area contributed by atoms with E-state index in [0.29, 0.717) is 0 Å². The minimum Gasteiger partial charge on any atom is -0.477 e. The number of nitrogens with zero attached hydrogens (tertiary/aromatic N) is 1. The Morgan fingerprint density at radius 2 is 2.38 bits per heavy atom. The molecule has 0 radical (unpaired) electrons. The van der Waals surface area contributed by atoms with Gasteiger partial charge in [-0.25, -0.2) is 9.78 Å². The van der Waals surface area contributed by atoms with Gasteiger partial charge in [-0.2, -0.15) is 0 Å². The normalized spacial score (nSPS) is 9.92. The van der Waals surface area contributed by atoms with Crippen molar-refractivity contribution in [3.63, 3.8) is 0 Å². The van der Waals surface area contributed by atoms with Crippen molar-refractivity contribution in [3.05, 3.63) is 23.9 Å². The summed E-state index contributed by atoms with van der Waals surface area (Å²) in [5.74, 6) is -0.00487. The lowest BCUT2D eigenvalue weighted by atomic mass is 10.4. The SMILES string of the molecule is CCCSc1cccc(C(=O)O)n1. The van der Waals surface area contributed by atoms with Crippen LogP contribution in [-0.2, 0) is 0 Å². The van der Waals surface area contributed by atoms with Crippen LogP contribution in [0.4, 0.5) is 0 Å². The second-order valence-electron chi connectivity index (χ2n) is 2.51. The van der Waals surface area contributed by atoms with Crippen LogP contribution < -0.4 is 0 Å². The van der Waals surface area contributed by atoms with Crippen molar-refractivity contribution in [2.24, 2.45) is 0 Å². The molecule has 0 saturated heterocycles. The van der Waals surface area contributed by atoms with E-state index in [0.717, 1.165) is 17.2 Å². The molecule has 70 valence electrons. The van der Waals surface area contributed by atoms with Gasteiger partial charge in [0, 0.05) is 0 Å². The van der Waals surface area contributed by atoms with Gasteiger partial charge in [-0.05, 0) is 24.3 Å². The third kappa shape index (κ3) is 3.06. The molecule has 0 fully saturated rings. The summed E-state index contributed by atoms with van der Waals surface area (Å²) >= 11 is 1.58. The Morgan fingerprint density at radius 3 is 3.00 bits per heavy atom. The fourth-order valence-corrected chi connectivity index (χ4v) is 1.57. The molecule has 1 aromatic rings. The molecule has 0 aliphatic carbocycles. The van der Waals surface area contributed by atoms with Gasteiger partial charge in [0.2, 0.25) is 0 Å². The lowest BCUT2D eigenvalue weighted by Crippen LogP contribution is -2.00. The van der Waals surface area contributed by atoms with E-state index in [1.54, 1.807) is 17.8 Å². The van der Waals surface area contributed by atoms with E-state index in [2.05, 4.69) is 11.9 Å². The summed E-state index contributed by atoms with van der Waals surface area (Å²) in [5, 5.41) is 9.44. The van der Waals surface area contributed by atoms with Crippen LogP contribution in [0, 0.1) is 0 Å². The number of hydrogen-bond acceptors (Lipinski definition) is 3. The fraction of sp³-hybridized carbons (Fsp3) is 0.333. The van der Waals surface area contributed by atoms with E-state index in [4.69, 9.17) is 5.11 Å². The molecule has 1 aromatic heterocycles. The smallest absolute Gasteiger partial charge is 0.354 e. The highest BCUT2D eigenvalue weighted by Gasteiger charge is 2.04. The number of pyridine rings is 1. The molecule has 3 nitrogen and oxygen atoms in total. The average Bonchev–Trinajstić information content (AvgIpc) is 2.15. The molecular formula is C9H11NO2S. The largest absolute Gasteiger partial charge is 0.477 e. The average molecular weight is 197 g/mol. The maximum Gasteiger partial charge on any atom is 0.354 e. The van der Waals surface area contributed by atoms with Crippen LogP contribution in [0.3, 0.4) is 0 Å². The van der Waals surface area contributed by atoms with E-state index in [1.165, 1.54) is 6.07 Å². The molecule has 0 bridgehead atoms. The summed E-state index contributed by atoms with van der Waals surface area (Å²) in [6.07, 6.45) is 1.06. The van der Waals surface area contributed by atoms with Crippen molar-refractivity contribution < 1.29 is 9.90 Å². The third-order valence-electron chi connectivity index (χ3n) is 1.40. The van der Waals surface area contributed by atoms with Crippen LogP contribution in [0.15, 0.2) is 23.2 Å². The van der Waals surface area contributed by atoms with E-state index >= 15 is 0 Å². The lowest BCUT2D eigenvalue weighted by molar-refractivity contribution is 0.0689. The molecule has 0 aromatic carbocycles. The molecule has 0 atom stereocenters. The topological polar surface area (TPSA) is 50.2 Å². The summed E-state index contributed by atoms with van der Waals surface area (Å²) in [7, 11) is 0. The highest BCUT2D eigenvalue weighted by molar-refractivity contribution is 7.99. The van der Waals surface area contributed by atoms with Crippen molar-refractivity contribution in [2.45, 2.75) is 18.4 Å². The van der Waals surface area contributed by atoms with Gasteiger partial charge in [0.25, 0.3) is 0 Å². The first kappa shape index (κ1) is 10.1. The van der Waals surface area contributed by atoms with Crippen molar-refractivity contribution in [1.82, 2.24) is 4.98 Å². The van der Waals surface area contributed by atoms with Crippen LogP contribution in [0.2, 0.25) is 0 Å². The second kappa shape index (κ2) is 4.87. The number of hydrogen-bond donors (Lipinski definition) is 1. The van der Waals surface area contributed by atoms with Gasteiger partial charge in [0.15, 0.2) is 0 Å². The number of thioether (sulfide) groups is 1. The zero-order valence-electron chi connectivity index (χ0n) is 7.36. The molecule has 1 heterocycles. The molecule has 1 N–H and O–H groups in total. The van der Waals surface area contributed by atoms with Gasteiger partial charge in [-0.1, -0.05) is 13.0 Å². The van der Waals surface area contributed by atoms with Crippen molar-refractivity contribution >= 4 is 17.7 Å². The van der Waals surface area contributed by atoms with Crippen LogP contribution in [0.5, 0.6) is 0 Å². The molecule has 0 amide bonds. The van der Waals surface area contributed by atoms with Crippen molar-refractivity contribution in [2.75, 3.05) is 5.75 Å². The van der Waals surface area contributed by atoms with E-state index in [1.807, 2.05) is 6.07 Å². The maximum absolute atomic E-state index is 10.6. The second-order valence-corrected chi connectivity index (χ2v) is 3.63. The van der Waals surface area contributed by atoms with Crippen LogP contribution in [-0.4, -0.2) is 21.8 Å². The monoisotopic (exact) mass is 197 g/mol. The minimum atomic E-state index is -0.973. The number of aromatic nitrogens is 1. The highest BCUT2D eigenvalue weighted by atomic mass is 32.2. The van der Waals surface area contributed by atoms with Crippen LogP contribution in [0.25, 0.3) is 0 Å². The summed E-state index contributed by atoms with van der Waals surface area (Å²) in [5.41, 5.74) is 0.112. The van der Waals surface area contributed by atoms with Gasteiger partial charge >= 0.3 is 5.97 Å². The fourth-order valence-electron chi connectivity index (χ4n) is 0.821. The molecule has 0 saturated carbocycles. The van der Waals surface area contributed by atoms with Gasteiger partial charge in [0.1, 0.15) is 5.69 Å². The molecule has 4 heteroatoms. The first-order chi connectivity index (χ1) is 6.24. The summed E-state index contributed by atoms with van der Waals surface area (Å²) in [6, 6.07) is 5.04. The van der Waals surface area contributed by atoms with E-state index in [-0.39, 0.29) is 5.69 Å². The Hall–Kier alpha value is -1.03. The Morgan fingerprint density at radius 1 is 1.62 bits per heavy atom. The standard InChI is InChI=1S/C9H11NO2S/c1-2-6-13-8-5-3-4-7(10-8)9(11)12/h3-5H,2,6H2,1H3,(H,11,12). The Bertz CT molecular complexity index is 301. The van der Waals surface area contributed by atoms with Crippen LogP contribution >= 0.6 is 11.8 Å². The van der Waals surface area contributed by atoms with Crippen molar-refractivity contribution in [1.29, 1.82) is 0 Å². The predicted molar refractivity (Wildman–Crippen MR) is 52.2 cm³/mol.